The van der Waals surface area contributed by atoms with Crippen molar-refractivity contribution in [2.45, 2.75) is 44.9 Å². The molecular weight excluding hydrogens is 651 g/mol. The molecule has 0 amide bonds. The van der Waals surface area contributed by atoms with Gasteiger partial charge in [-0.2, -0.15) is 0 Å². The molecule has 1 nitrogen and oxygen atoms in total. The largest absolute Gasteiger partial charge is 0.310 e. The normalized spacial score (nSPS) is 22.4. The Morgan fingerprint density at radius 2 is 0.981 bits per heavy atom. The van der Waals surface area contributed by atoms with Gasteiger partial charge in [0, 0.05) is 22.4 Å². The average molecular weight is 698 g/mol. The van der Waals surface area contributed by atoms with Crippen LogP contribution in [0.5, 0.6) is 0 Å². The lowest BCUT2D eigenvalue weighted by Gasteiger charge is -2.54. The predicted molar refractivity (Wildman–Crippen MR) is 227 cm³/mol. The van der Waals surface area contributed by atoms with Crippen molar-refractivity contribution >= 4 is 17.1 Å². The second-order valence-electron chi connectivity index (χ2n) is 16.4. The van der Waals surface area contributed by atoms with Crippen LogP contribution < -0.4 is 4.90 Å². The zero-order chi connectivity index (χ0) is 36.2. The van der Waals surface area contributed by atoms with Gasteiger partial charge in [0.1, 0.15) is 0 Å². The fourth-order valence-corrected chi connectivity index (χ4v) is 11.1. The van der Waals surface area contributed by atoms with Crippen molar-refractivity contribution in [1.29, 1.82) is 0 Å². The first-order valence-corrected chi connectivity index (χ1v) is 20.0. The maximum atomic E-state index is 2.56. The Hall–Kier alpha value is -5.66. The predicted octanol–water partition coefficient (Wildman–Crippen LogP) is 14.5. The number of benzene rings is 7. The summed E-state index contributed by atoms with van der Waals surface area (Å²) >= 11 is 0. The molecule has 0 N–H and O–H groups in total. The van der Waals surface area contributed by atoms with Gasteiger partial charge in [0.2, 0.25) is 0 Å². The van der Waals surface area contributed by atoms with E-state index in [0.29, 0.717) is 11.8 Å². The summed E-state index contributed by atoms with van der Waals surface area (Å²) in [6, 6.07) is 65.3. The van der Waals surface area contributed by atoms with Crippen molar-refractivity contribution in [3.63, 3.8) is 0 Å². The van der Waals surface area contributed by atoms with Crippen LogP contribution in [-0.2, 0) is 5.41 Å². The Balaban J connectivity index is 1.06. The molecule has 0 aromatic heterocycles. The molecule has 3 aliphatic carbocycles. The van der Waals surface area contributed by atoms with Crippen LogP contribution >= 0.6 is 0 Å². The summed E-state index contributed by atoms with van der Waals surface area (Å²) in [6.07, 6.45) is 5.48. The Morgan fingerprint density at radius 3 is 1.72 bits per heavy atom. The molecule has 5 atom stereocenters. The van der Waals surface area contributed by atoms with Crippen molar-refractivity contribution in [3.8, 4) is 44.5 Å². The number of hydrogen-bond donors (Lipinski definition) is 0. The van der Waals surface area contributed by atoms with E-state index in [-0.39, 0.29) is 5.41 Å². The third-order valence-electron chi connectivity index (χ3n) is 13.2. The molecule has 2 saturated carbocycles. The highest BCUT2D eigenvalue weighted by molar-refractivity contribution is 5.91. The number of rotatable bonds is 6. The highest BCUT2D eigenvalue weighted by atomic mass is 15.1. The van der Waals surface area contributed by atoms with Crippen LogP contribution in [0.2, 0.25) is 0 Å². The van der Waals surface area contributed by atoms with Crippen LogP contribution in [0.15, 0.2) is 176 Å². The van der Waals surface area contributed by atoms with Crippen LogP contribution in [0.4, 0.5) is 17.1 Å². The smallest absolute Gasteiger partial charge is 0.0540 e. The molecule has 1 spiro atoms. The molecule has 0 radical (unpaired) electrons. The Morgan fingerprint density at radius 1 is 0.426 bits per heavy atom. The van der Waals surface area contributed by atoms with E-state index < -0.39 is 0 Å². The van der Waals surface area contributed by atoms with Gasteiger partial charge in [-0.15, -0.1) is 0 Å². The number of hydrogen-bond acceptors (Lipinski definition) is 1. The Labute approximate surface area is 321 Å². The maximum Gasteiger partial charge on any atom is 0.0540 e. The zero-order valence-corrected chi connectivity index (χ0v) is 31.3. The minimum atomic E-state index is 0.127. The minimum absolute atomic E-state index is 0.127. The van der Waals surface area contributed by atoms with Gasteiger partial charge in [-0.3, -0.25) is 0 Å². The fraction of sp³-hybridized carbons (Fsp3) is 0.208. The van der Waals surface area contributed by atoms with Crippen molar-refractivity contribution in [3.05, 3.63) is 187 Å². The van der Waals surface area contributed by atoms with Crippen molar-refractivity contribution in [2.24, 2.45) is 23.7 Å². The van der Waals surface area contributed by atoms with Crippen LogP contribution in [0, 0.1) is 23.7 Å². The lowest BCUT2D eigenvalue weighted by Crippen LogP contribution is -2.49. The molecule has 0 heterocycles. The summed E-state index contributed by atoms with van der Waals surface area (Å²) in [5.74, 6) is 3.06. The number of para-hydroxylation sites is 1. The van der Waals surface area contributed by atoms with Crippen LogP contribution in [0.1, 0.15) is 50.7 Å². The van der Waals surface area contributed by atoms with E-state index in [0.717, 1.165) is 28.9 Å². The van der Waals surface area contributed by atoms with Crippen LogP contribution in [0.25, 0.3) is 44.5 Å². The van der Waals surface area contributed by atoms with Gasteiger partial charge in [0.05, 0.1) is 5.69 Å². The lowest BCUT2D eigenvalue weighted by atomic mass is 9.49. The second kappa shape index (κ2) is 13.3. The van der Waals surface area contributed by atoms with E-state index >= 15 is 0 Å². The number of nitrogens with zero attached hydrogens (tertiary/aromatic N) is 1. The Kier molecular flexibility index (Phi) is 8.13. The van der Waals surface area contributed by atoms with Crippen molar-refractivity contribution < 1.29 is 0 Å². The van der Waals surface area contributed by atoms with E-state index in [1.807, 2.05) is 0 Å². The van der Waals surface area contributed by atoms with Gasteiger partial charge < -0.3 is 4.90 Å². The zero-order valence-electron chi connectivity index (χ0n) is 31.3. The highest BCUT2D eigenvalue weighted by Gasteiger charge is 2.56. The third-order valence-corrected chi connectivity index (χ3v) is 13.2. The molecule has 0 aliphatic heterocycles. The topological polar surface area (TPSA) is 3.24 Å². The van der Waals surface area contributed by atoms with Gasteiger partial charge in [0.15, 0.2) is 0 Å². The van der Waals surface area contributed by atoms with E-state index in [2.05, 4.69) is 195 Å². The van der Waals surface area contributed by atoms with Crippen molar-refractivity contribution in [2.75, 3.05) is 4.90 Å². The molecule has 0 saturated heterocycles. The lowest BCUT2D eigenvalue weighted by molar-refractivity contribution is 0.0426. The van der Waals surface area contributed by atoms with Crippen molar-refractivity contribution in [1.82, 2.24) is 0 Å². The first-order chi connectivity index (χ1) is 26.6. The van der Waals surface area contributed by atoms with Crippen LogP contribution in [0.3, 0.4) is 0 Å². The third kappa shape index (κ3) is 5.36. The monoisotopic (exact) mass is 697 g/mol. The molecule has 10 rings (SSSR count). The Bertz CT molecular complexity index is 2430. The van der Waals surface area contributed by atoms with Gasteiger partial charge in [-0.05, 0) is 142 Å². The molecule has 5 unspecified atom stereocenters. The molecule has 3 aliphatic rings. The quantitative estimate of drug-likeness (QED) is 0.167. The van der Waals surface area contributed by atoms with E-state index in [1.54, 1.807) is 11.1 Å². The number of fused-ring (bicyclic) bond motifs is 8. The first-order valence-electron chi connectivity index (χ1n) is 20.0. The van der Waals surface area contributed by atoms with Gasteiger partial charge in [0.25, 0.3) is 0 Å². The van der Waals surface area contributed by atoms with Gasteiger partial charge in [-0.1, -0.05) is 147 Å². The SMILES string of the molecule is CC1CC2CC(C)C3(c4ccccc4-c4cc(-c5ccc(N(c6ccccc6)c6ccc(-c7ccccc7)cc6-c6ccccc6)cc5)ccc43)C(C1)C2. The second-order valence-corrected chi connectivity index (χ2v) is 16.4. The summed E-state index contributed by atoms with van der Waals surface area (Å²) in [5.41, 5.74) is 17.0. The molecule has 7 aromatic rings. The average Bonchev–Trinajstić information content (AvgIpc) is 3.52. The van der Waals surface area contributed by atoms with E-state index in [9.17, 15) is 0 Å². The minimum Gasteiger partial charge on any atom is -0.310 e. The van der Waals surface area contributed by atoms with Gasteiger partial charge in [-0.25, -0.2) is 0 Å². The first kappa shape index (κ1) is 32.9. The van der Waals surface area contributed by atoms with E-state index in [4.69, 9.17) is 0 Å². The van der Waals surface area contributed by atoms with Crippen LogP contribution in [-0.4, -0.2) is 0 Å². The number of anilines is 3. The fourth-order valence-electron chi connectivity index (χ4n) is 11.1. The standard InChI is InChI=1S/C53H47N/c1-36-30-38-32-37(2)53(44(31-36)33-38)50-21-13-12-20-47(50)49-35-42(24-28-51(49)53)40-22-26-46(27-23-40)54(45-18-10-5-11-19-45)52-29-25-43(39-14-6-3-7-15-39)34-48(52)41-16-8-4-9-17-41/h3-29,34-38,44H,30-33H2,1-2H3. The molecule has 2 fully saturated rings. The summed E-state index contributed by atoms with van der Waals surface area (Å²) < 4.78 is 0. The summed E-state index contributed by atoms with van der Waals surface area (Å²) in [5, 5.41) is 0. The molecule has 2 bridgehead atoms. The summed E-state index contributed by atoms with van der Waals surface area (Å²) in [4.78, 5) is 2.41. The summed E-state index contributed by atoms with van der Waals surface area (Å²) in [6.45, 7) is 5.06. The molecule has 54 heavy (non-hydrogen) atoms. The molecule has 264 valence electrons. The van der Waals surface area contributed by atoms with Gasteiger partial charge >= 0.3 is 0 Å². The molecule has 7 aromatic carbocycles. The summed E-state index contributed by atoms with van der Waals surface area (Å²) in [7, 11) is 0. The molecular formula is C53H47N. The maximum absolute atomic E-state index is 2.56. The highest BCUT2D eigenvalue weighted by Crippen LogP contribution is 2.64. The molecule has 1 heteroatoms. The van der Waals surface area contributed by atoms with E-state index in [1.165, 1.54) is 70.2 Å².